The van der Waals surface area contributed by atoms with Crippen molar-refractivity contribution in [1.82, 2.24) is 0 Å². The number of halogens is 1. The van der Waals surface area contributed by atoms with E-state index >= 15 is 0 Å². The smallest absolute Gasteiger partial charge is 0.155 e. The van der Waals surface area contributed by atoms with Crippen LogP contribution in [0.1, 0.15) is 21.5 Å². The molecule has 2 rings (SSSR count). The van der Waals surface area contributed by atoms with Crippen molar-refractivity contribution >= 4 is 17.7 Å². The summed E-state index contributed by atoms with van der Waals surface area (Å²) in [6, 6.07) is 10.7. The van der Waals surface area contributed by atoms with Crippen LogP contribution >= 0.6 is 0 Å². The molecule has 0 heterocycles. The van der Waals surface area contributed by atoms with Gasteiger partial charge in [0.25, 0.3) is 0 Å². The highest BCUT2D eigenvalue weighted by Gasteiger charge is 2.13. The van der Waals surface area contributed by atoms with Crippen LogP contribution in [0.3, 0.4) is 0 Å². The van der Waals surface area contributed by atoms with Crippen molar-refractivity contribution in [1.29, 1.82) is 0 Å². The molecular formula is C16H16FNO. The molecule has 0 aliphatic rings. The van der Waals surface area contributed by atoms with Crippen LogP contribution in [0.2, 0.25) is 0 Å². The summed E-state index contributed by atoms with van der Waals surface area (Å²) in [5.74, 6) is -0.497. The van der Waals surface area contributed by atoms with E-state index < -0.39 is 5.82 Å². The highest BCUT2D eigenvalue weighted by molar-refractivity contribution is 5.87. The third-order valence-corrected chi connectivity index (χ3v) is 3.10. The van der Waals surface area contributed by atoms with Crippen molar-refractivity contribution in [3.63, 3.8) is 0 Å². The molecule has 98 valence electrons. The van der Waals surface area contributed by atoms with Crippen molar-refractivity contribution in [3.05, 3.63) is 58.9 Å². The monoisotopic (exact) mass is 257 g/mol. The van der Waals surface area contributed by atoms with Crippen LogP contribution in [0, 0.1) is 19.7 Å². The van der Waals surface area contributed by atoms with Gasteiger partial charge in [0.1, 0.15) is 5.82 Å². The zero-order chi connectivity index (χ0) is 14.0. The molecule has 0 radical (unpaired) electrons. The van der Waals surface area contributed by atoms with Crippen molar-refractivity contribution < 1.29 is 9.18 Å². The van der Waals surface area contributed by atoms with E-state index in [2.05, 4.69) is 6.07 Å². The summed E-state index contributed by atoms with van der Waals surface area (Å²) in [4.78, 5) is 12.9. The van der Waals surface area contributed by atoms with Crippen molar-refractivity contribution in [3.8, 4) is 0 Å². The molecule has 2 aromatic rings. The Balaban J connectivity index is 2.52. The van der Waals surface area contributed by atoms with E-state index in [1.165, 1.54) is 6.07 Å². The first kappa shape index (κ1) is 13.3. The van der Waals surface area contributed by atoms with E-state index in [1.807, 2.05) is 37.9 Å². The number of carbonyl (C=O) groups excluding carboxylic acids is 1. The van der Waals surface area contributed by atoms with Crippen molar-refractivity contribution in [2.75, 3.05) is 11.9 Å². The highest BCUT2D eigenvalue weighted by atomic mass is 19.1. The average molecular weight is 257 g/mol. The van der Waals surface area contributed by atoms with Crippen LogP contribution in [0.4, 0.5) is 15.8 Å². The molecule has 2 nitrogen and oxygen atoms in total. The van der Waals surface area contributed by atoms with Gasteiger partial charge in [0, 0.05) is 12.7 Å². The molecule has 0 spiro atoms. The number of rotatable bonds is 3. The lowest BCUT2D eigenvalue weighted by molar-refractivity contribution is 0.112. The minimum atomic E-state index is -0.497. The number of benzene rings is 2. The molecule has 0 amide bonds. The average Bonchev–Trinajstić information content (AvgIpc) is 2.36. The summed E-state index contributed by atoms with van der Waals surface area (Å²) < 4.78 is 13.6. The Morgan fingerprint density at radius 2 is 1.74 bits per heavy atom. The number of carbonyl (C=O) groups is 1. The number of hydrogen-bond donors (Lipinski definition) is 0. The maximum atomic E-state index is 13.6. The van der Waals surface area contributed by atoms with Crippen LogP contribution < -0.4 is 4.90 Å². The van der Waals surface area contributed by atoms with Crippen LogP contribution in [-0.4, -0.2) is 13.3 Å². The minimum Gasteiger partial charge on any atom is -0.344 e. The van der Waals surface area contributed by atoms with Crippen LogP contribution in [0.15, 0.2) is 36.4 Å². The second kappa shape index (κ2) is 5.22. The predicted octanol–water partition coefficient (Wildman–Crippen LogP) is 4.02. The fourth-order valence-electron chi connectivity index (χ4n) is 2.22. The zero-order valence-corrected chi connectivity index (χ0v) is 11.3. The summed E-state index contributed by atoms with van der Waals surface area (Å²) >= 11 is 0. The first-order valence-corrected chi connectivity index (χ1v) is 6.08. The molecule has 0 saturated carbocycles. The van der Waals surface area contributed by atoms with Gasteiger partial charge < -0.3 is 4.90 Å². The lowest BCUT2D eigenvalue weighted by Crippen LogP contribution is -2.13. The second-order valence-electron chi connectivity index (χ2n) is 4.70. The molecule has 19 heavy (non-hydrogen) atoms. The molecule has 0 aromatic heterocycles. The minimum absolute atomic E-state index is 0.0872. The maximum Gasteiger partial charge on any atom is 0.155 e. The number of anilines is 2. The van der Waals surface area contributed by atoms with Gasteiger partial charge in [-0.05, 0) is 49.2 Å². The Morgan fingerprint density at radius 3 is 2.32 bits per heavy atom. The van der Waals surface area contributed by atoms with Crippen LogP contribution in [-0.2, 0) is 0 Å². The molecule has 0 unspecified atom stereocenters. The first-order chi connectivity index (χ1) is 9.02. The van der Waals surface area contributed by atoms with Gasteiger partial charge in [-0.2, -0.15) is 0 Å². The molecular weight excluding hydrogens is 241 g/mol. The normalized spacial score (nSPS) is 10.3. The Bertz CT molecular complexity index is 602. The molecule has 2 aromatic carbocycles. The molecule has 0 N–H and O–H groups in total. The van der Waals surface area contributed by atoms with Crippen molar-refractivity contribution in [2.45, 2.75) is 13.8 Å². The lowest BCUT2D eigenvalue weighted by atomic mass is 10.1. The summed E-state index contributed by atoms with van der Waals surface area (Å²) in [7, 11) is 1.83. The first-order valence-electron chi connectivity index (χ1n) is 6.08. The van der Waals surface area contributed by atoms with E-state index in [-0.39, 0.29) is 5.56 Å². The van der Waals surface area contributed by atoms with Crippen LogP contribution in [0.25, 0.3) is 0 Å². The van der Waals surface area contributed by atoms with Gasteiger partial charge >= 0.3 is 0 Å². The maximum absolute atomic E-state index is 13.6. The summed E-state index contributed by atoms with van der Waals surface area (Å²) in [6.07, 6.45) is 0.559. The zero-order valence-electron chi connectivity index (χ0n) is 11.3. The Labute approximate surface area is 112 Å². The molecule has 0 fully saturated rings. The molecule has 0 aliphatic heterocycles. The van der Waals surface area contributed by atoms with Gasteiger partial charge in [0.2, 0.25) is 0 Å². The van der Waals surface area contributed by atoms with E-state index in [4.69, 9.17) is 0 Å². The predicted molar refractivity (Wildman–Crippen MR) is 75.8 cm³/mol. The largest absolute Gasteiger partial charge is 0.344 e. The fraction of sp³-hybridized carbons (Fsp3) is 0.188. The van der Waals surface area contributed by atoms with Gasteiger partial charge in [-0.1, -0.05) is 12.1 Å². The van der Waals surface area contributed by atoms with E-state index in [0.717, 1.165) is 16.8 Å². The Morgan fingerprint density at radius 1 is 1.11 bits per heavy atom. The van der Waals surface area contributed by atoms with Gasteiger partial charge in [0.15, 0.2) is 6.29 Å². The number of hydrogen-bond acceptors (Lipinski definition) is 2. The lowest BCUT2D eigenvalue weighted by Gasteiger charge is -2.22. The number of aldehydes is 1. The number of aryl methyl sites for hydroxylation is 2. The SMILES string of the molecule is Cc1cc(C)cc(N(C)c2cccc(F)c2C=O)c1. The molecule has 3 heteroatoms. The molecule has 0 bridgehead atoms. The van der Waals surface area contributed by atoms with Gasteiger partial charge in [-0.15, -0.1) is 0 Å². The van der Waals surface area contributed by atoms with Gasteiger partial charge in [-0.3, -0.25) is 4.79 Å². The van der Waals surface area contributed by atoms with E-state index in [1.54, 1.807) is 12.1 Å². The Kier molecular flexibility index (Phi) is 3.65. The topological polar surface area (TPSA) is 20.3 Å². The second-order valence-corrected chi connectivity index (χ2v) is 4.70. The van der Waals surface area contributed by atoms with Crippen LogP contribution in [0.5, 0.6) is 0 Å². The third kappa shape index (κ3) is 2.65. The standard InChI is InChI=1S/C16H16FNO/c1-11-7-12(2)9-13(8-11)18(3)16-6-4-5-15(17)14(16)10-19/h4-10H,1-3H3. The van der Waals surface area contributed by atoms with Crippen molar-refractivity contribution in [2.24, 2.45) is 0 Å². The molecule has 0 atom stereocenters. The third-order valence-electron chi connectivity index (χ3n) is 3.10. The summed E-state index contributed by atoms with van der Waals surface area (Å²) in [5.41, 5.74) is 3.85. The van der Waals surface area contributed by atoms with Gasteiger partial charge in [0.05, 0.1) is 11.3 Å². The molecule has 0 saturated heterocycles. The molecule has 0 aliphatic carbocycles. The van der Waals surface area contributed by atoms with E-state index in [9.17, 15) is 9.18 Å². The summed E-state index contributed by atoms with van der Waals surface area (Å²) in [5, 5.41) is 0. The Hall–Kier alpha value is -2.16. The highest BCUT2D eigenvalue weighted by Crippen LogP contribution is 2.28. The van der Waals surface area contributed by atoms with Gasteiger partial charge in [-0.25, -0.2) is 4.39 Å². The quantitative estimate of drug-likeness (QED) is 0.774. The number of nitrogens with zero attached hydrogens (tertiary/aromatic N) is 1. The van der Waals surface area contributed by atoms with E-state index in [0.29, 0.717) is 12.0 Å². The summed E-state index contributed by atoms with van der Waals surface area (Å²) in [6.45, 7) is 4.02. The fourth-order valence-corrected chi connectivity index (χ4v) is 2.22.